The molecule has 2 aromatic rings. The first-order valence-electron chi connectivity index (χ1n) is 6.11. The van der Waals surface area contributed by atoms with E-state index in [-0.39, 0.29) is 5.69 Å². The van der Waals surface area contributed by atoms with Gasteiger partial charge < -0.3 is 0 Å². The molecule has 21 heavy (non-hydrogen) atoms. The molecule has 5 nitrogen and oxygen atoms in total. The summed E-state index contributed by atoms with van der Waals surface area (Å²) in [6, 6.07) is 16.0. The molecule has 0 spiro atoms. The number of benzene rings is 2. The first-order chi connectivity index (χ1) is 10.1. The van der Waals surface area contributed by atoms with Crippen molar-refractivity contribution in [3.8, 4) is 0 Å². The molecule has 0 aromatic heterocycles. The smallest absolute Gasteiger partial charge is 0.271 e. The molecule has 106 valence electrons. The molecule has 0 unspecified atom stereocenters. The van der Waals surface area contributed by atoms with Gasteiger partial charge in [-0.3, -0.25) is 15.5 Å². The monoisotopic (exact) mass is 345 g/mol. The number of rotatable bonds is 5. The molecule has 0 saturated carbocycles. The van der Waals surface area contributed by atoms with E-state index in [1.54, 1.807) is 18.3 Å². The van der Waals surface area contributed by atoms with Crippen LogP contribution in [0.4, 0.5) is 11.4 Å². The Balaban J connectivity index is 2.00. The molecule has 0 bridgehead atoms. The number of nitrogens with zero attached hydrogens (tertiary/aromatic N) is 2. The number of halogens is 1. The predicted octanol–water partition coefficient (Wildman–Crippen LogP) is 4.43. The first kappa shape index (κ1) is 14.9. The second-order valence-electron chi connectivity index (χ2n) is 4.12. The molecule has 0 heterocycles. The van der Waals surface area contributed by atoms with Gasteiger partial charge in [0.1, 0.15) is 0 Å². The average molecular weight is 346 g/mol. The number of nitro benzene ring substituents is 1. The lowest BCUT2D eigenvalue weighted by atomic mass is 10.2. The zero-order valence-electron chi connectivity index (χ0n) is 10.9. The summed E-state index contributed by atoms with van der Waals surface area (Å²) in [5.74, 6) is 0. The maximum absolute atomic E-state index is 10.7. The van der Waals surface area contributed by atoms with Crippen LogP contribution in [0.2, 0.25) is 0 Å². The number of non-ortho nitro benzene ring substituents is 1. The number of hydrazone groups is 1. The molecule has 0 amide bonds. The lowest BCUT2D eigenvalue weighted by Gasteiger charge is -1.99. The summed E-state index contributed by atoms with van der Waals surface area (Å²) in [5.41, 5.74) is 4.38. The summed E-state index contributed by atoms with van der Waals surface area (Å²) in [6.07, 6.45) is 3.50. The summed E-state index contributed by atoms with van der Waals surface area (Å²) in [6.45, 7) is 0. The van der Waals surface area contributed by atoms with Crippen LogP contribution in [0, 0.1) is 10.1 Å². The molecular weight excluding hydrogens is 334 g/mol. The van der Waals surface area contributed by atoms with E-state index < -0.39 is 4.92 Å². The number of hydrogen-bond acceptors (Lipinski definition) is 4. The van der Waals surface area contributed by atoms with Crippen molar-refractivity contribution in [2.75, 3.05) is 5.43 Å². The van der Waals surface area contributed by atoms with Crippen LogP contribution in [0.15, 0.2) is 64.2 Å². The van der Waals surface area contributed by atoms with Gasteiger partial charge in [-0.05, 0) is 33.6 Å². The molecule has 1 N–H and O–H groups in total. The van der Waals surface area contributed by atoms with Crippen molar-refractivity contribution in [3.63, 3.8) is 0 Å². The van der Waals surface area contributed by atoms with Gasteiger partial charge in [0.05, 0.1) is 16.8 Å². The second kappa shape index (κ2) is 7.35. The van der Waals surface area contributed by atoms with Crippen molar-refractivity contribution in [3.05, 3.63) is 74.8 Å². The highest BCUT2D eigenvalue weighted by Crippen LogP contribution is 2.17. The van der Waals surface area contributed by atoms with Gasteiger partial charge in [-0.25, -0.2) is 0 Å². The summed E-state index contributed by atoms with van der Waals surface area (Å²) in [4.78, 5) is 10.2. The van der Waals surface area contributed by atoms with Crippen LogP contribution in [-0.4, -0.2) is 11.1 Å². The fraction of sp³-hybridized carbons (Fsp3) is 0. The van der Waals surface area contributed by atoms with Gasteiger partial charge in [0.15, 0.2) is 0 Å². The van der Waals surface area contributed by atoms with E-state index in [0.717, 1.165) is 10.0 Å². The highest BCUT2D eigenvalue weighted by molar-refractivity contribution is 9.12. The fourth-order valence-electron chi connectivity index (χ4n) is 1.60. The van der Waals surface area contributed by atoms with Crippen molar-refractivity contribution in [2.24, 2.45) is 5.10 Å². The fourth-order valence-corrected chi connectivity index (χ4v) is 1.97. The van der Waals surface area contributed by atoms with Crippen LogP contribution in [-0.2, 0) is 0 Å². The van der Waals surface area contributed by atoms with Crippen molar-refractivity contribution in [1.29, 1.82) is 0 Å². The van der Waals surface area contributed by atoms with Crippen LogP contribution in [0.5, 0.6) is 0 Å². The van der Waals surface area contributed by atoms with Gasteiger partial charge >= 0.3 is 0 Å². The van der Waals surface area contributed by atoms with Crippen molar-refractivity contribution < 1.29 is 4.92 Å². The molecule has 0 radical (unpaired) electrons. The Kier molecular flexibility index (Phi) is 5.22. The average Bonchev–Trinajstić information content (AvgIpc) is 2.48. The molecule has 0 aliphatic heterocycles. The Hall–Kier alpha value is -2.47. The number of hydrogen-bond donors (Lipinski definition) is 1. The molecule has 2 rings (SSSR count). The summed E-state index contributed by atoms with van der Waals surface area (Å²) < 4.78 is 0.784. The third-order valence-electron chi connectivity index (χ3n) is 2.54. The summed E-state index contributed by atoms with van der Waals surface area (Å²) in [5, 5.41) is 14.7. The maximum Gasteiger partial charge on any atom is 0.271 e. The third kappa shape index (κ3) is 4.85. The first-order valence-corrected chi connectivity index (χ1v) is 6.90. The van der Waals surface area contributed by atoms with E-state index >= 15 is 0 Å². The van der Waals surface area contributed by atoms with Gasteiger partial charge in [-0.2, -0.15) is 5.10 Å². The van der Waals surface area contributed by atoms with E-state index in [2.05, 4.69) is 26.5 Å². The number of allylic oxidation sites excluding steroid dienone is 1. The highest BCUT2D eigenvalue weighted by atomic mass is 79.9. The maximum atomic E-state index is 10.7. The Morgan fingerprint density at radius 2 is 1.95 bits per heavy atom. The largest absolute Gasteiger partial charge is 0.278 e. The zero-order chi connectivity index (χ0) is 15.1. The SMILES string of the molecule is O=[N+]([O-])c1cccc(NN=C/C(Br)=C\c2ccccc2)c1. The van der Waals surface area contributed by atoms with Crippen molar-refractivity contribution in [2.45, 2.75) is 0 Å². The van der Waals surface area contributed by atoms with Crippen LogP contribution >= 0.6 is 15.9 Å². The predicted molar refractivity (Wildman–Crippen MR) is 88.6 cm³/mol. The highest BCUT2D eigenvalue weighted by Gasteiger charge is 2.04. The minimum absolute atomic E-state index is 0.0223. The minimum atomic E-state index is -0.444. The van der Waals surface area contributed by atoms with Gasteiger partial charge in [-0.15, -0.1) is 0 Å². The van der Waals surface area contributed by atoms with Crippen molar-refractivity contribution in [1.82, 2.24) is 0 Å². The molecule has 0 saturated heterocycles. The summed E-state index contributed by atoms with van der Waals surface area (Å²) in [7, 11) is 0. The van der Waals surface area contributed by atoms with Crippen LogP contribution in [0.3, 0.4) is 0 Å². The molecule has 0 aliphatic rings. The van der Waals surface area contributed by atoms with E-state index in [1.165, 1.54) is 12.1 Å². The standard InChI is InChI=1S/C15H12BrN3O2/c16-13(9-12-5-2-1-3-6-12)11-17-18-14-7-4-8-15(10-14)19(20)21/h1-11,18H/b13-9+,17-11?. The van der Waals surface area contributed by atoms with E-state index in [0.29, 0.717) is 5.69 Å². The Bertz CT molecular complexity index is 684. The molecule has 0 atom stereocenters. The number of nitro groups is 1. The quantitative estimate of drug-likeness (QED) is 0.495. The van der Waals surface area contributed by atoms with E-state index in [1.807, 2.05) is 36.4 Å². The lowest BCUT2D eigenvalue weighted by molar-refractivity contribution is -0.384. The van der Waals surface area contributed by atoms with Crippen molar-refractivity contribution >= 4 is 39.6 Å². The molecule has 6 heteroatoms. The number of nitrogens with one attached hydrogen (secondary N) is 1. The van der Waals surface area contributed by atoms with Gasteiger partial charge in [-0.1, -0.05) is 36.4 Å². The molecular formula is C15H12BrN3O2. The molecule has 0 fully saturated rings. The Morgan fingerprint density at radius 1 is 1.19 bits per heavy atom. The third-order valence-corrected chi connectivity index (χ3v) is 2.98. The molecule has 0 aliphatic carbocycles. The molecule has 2 aromatic carbocycles. The zero-order valence-corrected chi connectivity index (χ0v) is 12.5. The topological polar surface area (TPSA) is 67.5 Å². The second-order valence-corrected chi connectivity index (χ2v) is 5.03. The number of anilines is 1. The van der Waals surface area contributed by atoms with Gasteiger partial charge in [0, 0.05) is 16.6 Å². The summed E-state index contributed by atoms with van der Waals surface area (Å²) >= 11 is 3.39. The van der Waals surface area contributed by atoms with Crippen LogP contribution in [0.25, 0.3) is 6.08 Å². The Morgan fingerprint density at radius 3 is 2.67 bits per heavy atom. The van der Waals surface area contributed by atoms with E-state index in [4.69, 9.17) is 0 Å². The van der Waals surface area contributed by atoms with Crippen LogP contribution < -0.4 is 5.43 Å². The lowest BCUT2D eigenvalue weighted by Crippen LogP contribution is -1.92. The Labute approximate surface area is 130 Å². The van der Waals surface area contributed by atoms with Gasteiger partial charge in [0.25, 0.3) is 5.69 Å². The van der Waals surface area contributed by atoms with Crippen LogP contribution in [0.1, 0.15) is 5.56 Å². The normalized spacial score (nSPS) is 11.6. The minimum Gasteiger partial charge on any atom is -0.278 e. The van der Waals surface area contributed by atoms with Gasteiger partial charge in [0.2, 0.25) is 0 Å². The van der Waals surface area contributed by atoms with E-state index in [9.17, 15) is 10.1 Å².